The number of thioether (sulfide) groups is 1. The molecule has 2 rings (SSSR count). The van der Waals surface area contributed by atoms with E-state index in [1.807, 2.05) is 12.1 Å². The van der Waals surface area contributed by atoms with Crippen molar-refractivity contribution in [3.05, 3.63) is 29.6 Å². The van der Waals surface area contributed by atoms with Gasteiger partial charge in [0.05, 0.1) is 18.5 Å². The van der Waals surface area contributed by atoms with E-state index in [9.17, 15) is 0 Å². The molecule has 1 aliphatic heterocycles. The number of hydrogen-bond acceptors (Lipinski definition) is 5. The van der Waals surface area contributed by atoms with Crippen molar-refractivity contribution in [1.82, 2.24) is 4.98 Å². The summed E-state index contributed by atoms with van der Waals surface area (Å²) in [6.45, 7) is 1.62. The number of pyridine rings is 1. The zero-order valence-corrected chi connectivity index (χ0v) is 9.48. The Morgan fingerprint density at radius 2 is 2.50 bits per heavy atom. The Hall–Kier alpha value is -1.27. The molecule has 1 fully saturated rings. The zero-order valence-electron chi connectivity index (χ0n) is 8.67. The van der Waals surface area contributed by atoms with Crippen LogP contribution in [0.5, 0.6) is 0 Å². The average molecular weight is 239 g/mol. The molecule has 1 aromatic rings. The summed E-state index contributed by atoms with van der Waals surface area (Å²) >= 11 is 1.80. The first-order valence-corrected chi connectivity index (χ1v) is 5.97. The van der Waals surface area contributed by atoms with E-state index in [0.29, 0.717) is 10.9 Å². The van der Waals surface area contributed by atoms with Crippen molar-refractivity contribution in [2.45, 2.75) is 11.0 Å². The second-order valence-electron chi connectivity index (χ2n) is 3.47. The molecule has 0 bridgehead atoms. The number of ether oxygens (including phenoxy) is 1. The van der Waals surface area contributed by atoms with E-state index >= 15 is 0 Å². The van der Waals surface area contributed by atoms with Gasteiger partial charge in [0.1, 0.15) is 5.69 Å². The SMILES string of the molecule is NC(=NO)c1ncccc1CSC1COC1. The fraction of sp³-hybridized carbons (Fsp3) is 0.400. The smallest absolute Gasteiger partial charge is 0.189 e. The van der Waals surface area contributed by atoms with Gasteiger partial charge in [-0.2, -0.15) is 0 Å². The number of rotatable bonds is 4. The monoisotopic (exact) mass is 239 g/mol. The largest absolute Gasteiger partial charge is 0.409 e. The third-order valence-electron chi connectivity index (χ3n) is 2.32. The number of hydrogen-bond donors (Lipinski definition) is 2. The predicted octanol–water partition coefficient (Wildman–Crippen LogP) is 0.808. The first kappa shape index (κ1) is 11.2. The first-order valence-electron chi connectivity index (χ1n) is 4.92. The van der Waals surface area contributed by atoms with Gasteiger partial charge in [0.25, 0.3) is 0 Å². The van der Waals surface area contributed by atoms with Gasteiger partial charge in [-0.05, 0) is 11.6 Å². The van der Waals surface area contributed by atoms with Crippen LogP contribution in [0.25, 0.3) is 0 Å². The van der Waals surface area contributed by atoms with Crippen LogP contribution in [0, 0.1) is 0 Å². The Labute approximate surface area is 97.7 Å². The summed E-state index contributed by atoms with van der Waals surface area (Å²) in [4.78, 5) is 4.11. The van der Waals surface area contributed by atoms with Crippen LogP contribution in [0.15, 0.2) is 23.5 Å². The van der Waals surface area contributed by atoms with Crippen LogP contribution in [-0.2, 0) is 10.5 Å². The summed E-state index contributed by atoms with van der Waals surface area (Å²) < 4.78 is 5.10. The maximum absolute atomic E-state index is 8.64. The molecule has 0 spiro atoms. The molecular weight excluding hydrogens is 226 g/mol. The molecule has 2 heterocycles. The van der Waals surface area contributed by atoms with Crippen LogP contribution >= 0.6 is 11.8 Å². The highest BCUT2D eigenvalue weighted by Crippen LogP contribution is 2.24. The topological polar surface area (TPSA) is 80.7 Å². The van der Waals surface area contributed by atoms with E-state index in [2.05, 4.69) is 10.1 Å². The second-order valence-corrected chi connectivity index (χ2v) is 4.76. The fourth-order valence-electron chi connectivity index (χ4n) is 1.35. The molecule has 0 aromatic carbocycles. The molecule has 3 N–H and O–H groups in total. The summed E-state index contributed by atoms with van der Waals surface area (Å²) in [5.74, 6) is 0.856. The summed E-state index contributed by atoms with van der Waals surface area (Å²) in [6.07, 6.45) is 1.63. The Bertz CT molecular complexity index is 393. The lowest BCUT2D eigenvalue weighted by Crippen LogP contribution is -2.30. The number of amidine groups is 1. The lowest BCUT2D eigenvalue weighted by Gasteiger charge is -2.25. The number of oxime groups is 1. The molecule has 1 aliphatic rings. The Morgan fingerprint density at radius 1 is 1.69 bits per heavy atom. The van der Waals surface area contributed by atoms with E-state index in [0.717, 1.165) is 24.5 Å². The molecule has 0 atom stereocenters. The molecule has 0 amide bonds. The van der Waals surface area contributed by atoms with E-state index in [1.54, 1.807) is 18.0 Å². The van der Waals surface area contributed by atoms with Crippen LogP contribution in [0.1, 0.15) is 11.3 Å². The Balaban J connectivity index is 2.06. The Morgan fingerprint density at radius 3 is 3.12 bits per heavy atom. The van der Waals surface area contributed by atoms with E-state index in [1.165, 1.54) is 0 Å². The summed E-state index contributed by atoms with van der Waals surface area (Å²) in [5, 5.41) is 12.2. The fourth-order valence-corrected chi connectivity index (χ4v) is 2.38. The molecular formula is C10H13N3O2S. The first-order chi connectivity index (χ1) is 7.81. The van der Waals surface area contributed by atoms with E-state index in [-0.39, 0.29) is 5.84 Å². The van der Waals surface area contributed by atoms with Gasteiger partial charge in [-0.25, -0.2) is 0 Å². The molecule has 86 valence electrons. The van der Waals surface area contributed by atoms with Crippen molar-refractivity contribution in [2.24, 2.45) is 10.9 Å². The van der Waals surface area contributed by atoms with Crippen molar-refractivity contribution in [1.29, 1.82) is 0 Å². The van der Waals surface area contributed by atoms with Gasteiger partial charge < -0.3 is 15.7 Å². The van der Waals surface area contributed by atoms with Crippen molar-refractivity contribution in [3.8, 4) is 0 Å². The van der Waals surface area contributed by atoms with Gasteiger partial charge in [-0.3, -0.25) is 4.98 Å². The second kappa shape index (κ2) is 5.18. The minimum atomic E-state index is 0.0565. The minimum Gasteiger partial charge on any atom is -0.409 e. The molecule has 0 unspecified atom stereocenters. The van der Waals surface area contributed by atoms with Crippen LogP contribution < -0.4 is 5.73 Å². The molecule has 0 radical (unpaired) electrons. The lowest BCUT2D eigenvalue weighted by molar-refractivity contribution is 0.0455. The molecule has 1 saturated heterocycles. The average Bonchev–Trinajstić information content (AvgIpc) is 2.26. The maximum atomic E-state index is 8.64. The molecule has 16 heavy (non-hydrogen) atoms. The van der Waals surface area contributed by atoms with Gasteiger partial charge in [-0.1, -0.05) is 11.2 Å². The van der Waals surface area contributed by atoms with E-state index < -0.39 is 0 Å². The highest BCUT2D eigenvalue weighted by molar-refractivity contribution is 7.99. The van der Waals surface area contributed by atoms with Crippen molar-refractivity contribution in [2.75, 3.05) is 13.2 Å². The van der Waals surface area contributed by atoms with Gasteiger partial charge in [-0.15, -0.1) is 11.8 Å². The van der Waals surface area contributed by atoms with Crippen molar-refractivity contribution >= 4 is 17.6 Å². The van der Waals surface area contributed by atoms with Crippen molar-refractivity contribution in [3.63, 3.8) is 0 Å². The molecule has 6 heteroatoms. The van der Waals surface area contributed by atoms with Gasteiger partial charge in [0, 0.05) is 11.9 Å². The van der Waals surface area contributed by atoms with Gasteiger partial charge in [0.15, 0.2) is 5.84 Å². The van der Waals surface area contributed by atoms with Crippen LogP contribution in [0.3, 0.4) is 0 Å². The van der Waals surface area contributed by atoms with Gasteiger partial charge >= 0.3 is 0 Å². The highest BCUT2D eigenvalue weighted by atomic mass is 32.2. The normalized spacial score (nSPS) is 17.1. The number of aromatic nitrogens is 1. The maximum Gasteiger partial charge on any atom is 0.189 e. The zero-order chi connectivity index (χ0) is 11.4. The van der Waals surface area contributed by atoms with Crippen LogP contribution in [-0.4, -0.2) is 34.5 Å². The molecule has 0 aliphatic carbocycles. The third kappa shape index (κ3) is 2.45. The van der Waals surface area contributed by atoms with Crippen LogP contribution in [0.4, 0.5) is 0 Å². The predicted molar refractivity (Wildman–Crippen MR) is 62.6 cm³/mol. The summed E-state index contributed by atoms with van der Waals surface area (Å²) in [5.41, 5.74) is 7.09. The third-order valence-corrected chi connectivity index (χ3v) is 3.54. The van der Waals surface area contributed by atoms with E-state index in [4.69, 9.17) is 15.7 Å². The molecule has 1 aromatic heterocycles. The minimum absolute atomic E-state index is 0.0565. The number of nitrogens with zero attached hydrogens (tertiary/aromatic N) is 2. The number of nitrogens with two attached hydrogens (primary N) is 1. The molecule has 0 saturated carbocycles. The van der Waals surface area contributed by atoms with Crippen molar-refractivity contribution < 1.29 is 9.94 Å². The Kier molecular flexibility index (Phi) is 3.63. The standard InChI is InChI=1S/C10H13N3O2S/c11-10(13-14)9-7(2-1-3-12-9)6-16-8-4-15-5-8/h1-3,8,14H,4-6H2,(H2,11,13). The highest BCUT2D eigenvalue weighted by Gasteiger charge is 2.19. The summed E-state index contributed by atoms with van der Waals surface area (Å²) in [6, 6.07) is 3.79. The quantitative estimate of drug-likeness (QED) is 0.352. The molecule has 5 nitrogen and oxygen atoms in total. The van der Waals surface area contributed by atoms with Crippen LogP contribution in [0.2, 0.25) is 0 Å². The summed E-state index contributed by atoms with van der Waals surface area (Å²) in [7, 11) is 0. The lowest BCUT2D eigenvalue weighted by atomic mass is 10.2. The van der Waals surface area contributed by atoms with Gasteiger partial charge in [0.2, 0.25) is 0 Å².